The molecule has 1 aromatic heterocycles. The maximum Gasteiger partial charge on any atom is 0.357 e. The number of fused-ring (bicyclic) bond motifs is 2. The number of hydrogen-bond acceptors (Lipinski definition) is 4. The fraction of sp³-hybridized carbons (Fsp3) is 0.227. The van der Waals surface area contributed by atoms with Gasteiger partial charge in [0.05, 0.1) is 5.52 Å². The molecule has 0 spiro atoms. The lowest BCUT2D eigenvalue weighted by Crippen LogP contribution is -2.44. The van der Waals surface area contributed by atoms with Gasteiger partial charge in [-0.1, -0.05) is 42.5 Å². The molecule has 5 heteroatoms. The molecule has 0 saturated heterocycles. The predicted molar refractivity (Wildman–Crippen MR) is 104 cm³/mol. The van der Waals surface area contributed by atoms with Gasteiger partial charge in [-0.25, -0.2) is 9.78 Å². The zero-order valence-electron chi connectivity index (χ0n) is 15.1. The summed E-state index contributed by atoms with van der Waals surface area (Å²) in [4.78, 5) is 31.1. The van der Waals surface area contributed by atoms with Crippen molar-refractivity contribution in [1.29, 1.82) is 0 Å². The average molecular weight is 360 g/mol. The van der Waals surface area contributed by atoms with Gasteiger partial charge in [0.25, 0.3) is 5.91 Å². The molecule has 1 amide bonds. The molecule has 2 aromatic carbocycles. The number of esters is 1. The largest absolute Gasteiger partial charge is 0.451 e. The van der Waals surface area contributed by atoms with Gasteiger partial charge < -0.3 is 9.64 Å². The van der Waals surface area contributed by atoms with Crippen molar-refractivity contribution >= 4 is 28.5 Å². The molecule has 5 nitrogen and oxygen atoms in total. The first-order chi connectivity index (χ1) is 13.1. The highest BCUT2D eigenvalue weighted by atomic mass is 16.5. The minimum Gasteiger partial charge on any atom is -0.451 e. The first kappa shape index (κ1) is 17.2. The molecule has 1 atom stereocenters. The quantitative estimate of drug-likeness (QED) is 0.667. The minimum atomic E-state index is -0.591. The smallest absolute Gasteiger partial charge is 0.357 e. The number of anilines is 1. The van der Waals surface area contributed by atoms with Crippen molar-refractivity contribution in [1.82, 2.24) is 4.98 Å². The molecule has 1 unspecified atom stereocenters. The number of amides is 1. The molecule has 0 saturated carbocycles. The third kappa shape index (κ3) is 3.40. The summed E-state index contributed by atoms with van der Waals surface area (Å²) in [7, 11) is 0. The molecule has 0 N–H and O–H groups in total. The second kappa shape index (κ2) is 7.19. The number of nitrogens with zero attached hydrogens (tertiary/aromatic N) is 2. The molecule has 27 heavy (non-hydrogen) atoms. The summed E-state index contributed by atoms with van der Waals surface area (Å²) in [5.74, 6) is -0.809. The molecule has 1 aliphatic heterocycles. The van der Waals surface area contributed by atoms with Crippen molar-refractivity contribution in [2.45, 2.75) is 25.8 Å². The Bertz CT molecular complexity index is 1020. The Kier molecular flexibility index (Phi) is 4.59. The highest BCUT2D eigenvalue weighted by molar-refractivity contribution is 5.98. The zero-order valence-corrected chi connectivity index (χ0v) is 15.1. The van der Waals surface area contributed by atoms with Gasteiger partial charge in [-0.05, 0) is 43.5 Å². The van der Waals surface area contributed by atoms with Crippen LogP contribution >= 0.6 is 0 Å². The summed E-state index contributed by atoms with van der Waals surface area (Å²) in [6.45, 7) is 1.71. The molecule has 0 aliphatic carbocycles. The van der Waals surface area contributed by atoms with E-state index in [9.17, 15) is 9.59 Å². The number of ether oxygens (including phenoxy) is 1. The molecule has 2 heterocycles. The van der Waals surface area contributed by atoms with Crippen LogP contribution in [0.1, 0.15) is 29.4 Å². The number of pyridine rings is 1. The number of para-hydroxylation sites is 2. The number of benzene rings is 2. The van der Waals surface area contributed by atoms with E-state index in [1.807, 2.05) is 61.5 Å². The van der Waals surface area contributed by atoms with Gasteiger partial charge in [-0.2, -0.15) is 0 Å². The van der Waals surface area contributed by atoms with Crippen molar-refractivity contribution < 1.29 is 14.3 Å². The lowest BCUT2D eigenvalue weighted by atomic mass is 9.96. The summed E-state index contributed by atoms with van der Waals surface area (Å²) >= 11 is 0. The Morgan fingerprint density at radius 1 is 1.07 bits per heavy atom. The molecule has 3 aromatic rings. The van der Waals surface area contributed by atoms with E-state index in [1.165, 1.54) is 0 Å². The van der Waals surface area contributed by atoms with Crippen LogP contribution in [0.3, 0.4) is 0 Å². The average Bonchev–Trinajstić information content (AvgIpc) is 2.71. The molecular formula is C22H20N2O3. The Labute approximate surface area is 157 Å². The van der Waals surface area contributed by atoms with E-state index in [4.69, 9.17) is 4.74 Å². The topological polar surface area (TPSA) is 59.5 Å². The van der Waals surface area contributed by atoms with Crippen LogP contribution in [0.5, 0.6) is 0 Å². The van der Waals surface area contributed by atoms with Crippen molar-refractivity contribution in [3.63, 3.8) is 0 Å². The van der Waals surface area contributed by atoms with Crippen LogP contribution < -0.4 is 4.90 Å². The van der Waals surface area contributed by atoms with Gasteiger partial charge in [0.15, 0.2) is 6.61 Å². The van der Waals surface area contributed by atoms with Gasteiger partial charge in [0, 0.05) is 17.1 Å². The van der Waals surface area contributed by atoms with E-state index < -0.39 is 5.97 Å². The number of carbonyl (C=O) groups is 2. The van der Waals surface area contributed by atoms with Gasteiger partial charge in [-0.15, -0.1) is 0 Å². The Morgan fingerprint density at radius 3 is 2.74 bits per heavy atom. The van der Waals surface area contributed by atoms with Gasteiger partial charge >= 0.3 is 5.97 Å². The van der Waals surface area contributed by atoms with Crippen molar-refractivity contribution in [2.24, 2.45) is 0 Å². The molecule has 136 valence electrons. The summed E-state index contributed by atoms with van der Waals surface area (Å²) in [5, 5.41) is 0.948. The molecular weight excluding hydrogens is 340 g/mol. The Morgan fingerprint density at radius 2 is 1.85 bits per heavy atom. The second-order valence-corrected chi connectivity index (χ2v) is 6.75. The molecule has 1 aliphatic rings. The Balaban J connectivity index is 1.48. The number of rotatable bonds is 3. The number of hydrogen-bond donors (Lipinski definition) is 0. The van der Waals surface area contributed by atoms with Crippen LogP contribution in [0.25, 0.3) is 10.9 Å². The molecule has 0 bridgehead atoms. The minimum absolute atomic E-state index is 0.0740. The fourth-order valence-corrected chi connectivity index (χ4v) is 3.52. The molecule has 0 radical (unpaired) electrons. The zero-order chi connectivity index (χ0) is 18.8. The standard InChI is InChI=1S/C22H20N2O3/c1-15-10-11-17-7-3-5-9-20(17)24(15)21(25)14-27-22(26)19-13-12-16-6-2-4-8-18(16)23-19/h2-9,12-13,15H,10-11,14H2,1H3. The third-order valence-electron chi connectivity index (χ3n) is 4.93. The van der Waals surface area contributed by atoms with E-state index >= 15 is 0 Å². The van der Waals surface area contributed by atoms with Crippen LogP contribution in [-0.4, -0.2) is 29.5 Å². The maximum absolute atomic E-state index is 12.7. The first-order valence-corrected chi connectivity index (χ1v) is 9.06. The van der Waals surface area contributed by atoms with Crippen LogP contribution in [0, 0.1) is 0 Å². The van der Waals surface area contributed by atoms with Gasteiger partial charge in [-0.3, -0.25) is 4.79 Å². The number of aryl methyl sites for hydroxylation is 1. The second-order valence-electron chi connectivity index (χ2n) is 6.75. The van der Waals surface area contributed by atoms with Crippen molar-refractivity contribution in [3.05, 3.63) is 71.9 Å². The van der Waals surface area contributed by atoms with Gasteiger partial charge in [0.2, 0.25) is 0 Å². The predicted octanol–water partition coefficient (Wildman–Crippen LogP) is 3.76. The van der Waals surface area contributed by atoms with Crippen LogP contribution in [0.2, 0.25) is 0 Å². The summed E-state index contributed by atoms with van der Waals surface area (Å²) in [5.41, 5.74) is 2.97. The fourth-order valence-electron chi connectivity index (χ4n) is 3.52. The van der Waals surface area contributed by atoms with E-state index in [2.05, 4.69) is 4.98 Å². The summed E-state index contributed by atoms with van der Waals surface area (Å²) in [6, 6.07) is 18.9. The summed E-state index contributed by atoms with van der Waals surface area (Å²) in [6.07, 6.45) is 1.84. The highest BCUT2D eigenvalue weighted by Gasteiger charge is 2.28. The van der Waals surface area contributed by atoms with Crippen LogP contribution in [0.15, 0.2) is 60.7 Å². The lowest BCUT2D eigenvalue weighted by Gasteiger charge is -2.35. The van der Waals surface area contributed by atoms with Gasteiger partial charge in [0.1, 0.15) is 5.69 Å². The molecule has 4 rings (SSSR count). The Hall–Kier alpha value is -3.21. The van der Waals surface area contributed by atoms with E-state index in [0.29, 0.717) is 0 Å². The van der Waals surface area contributed by atoms with E-state index in [1.54, 1.807) is 11.0 Å². The van der Waals surface area contributed by atoms with Crippen LogP contribution in [0.4, 0.5) is 5.69 Å². The van der Waals surface area contributed by atoms with Crippen LogP contribution in [-0.2, 0) is 16.0 Å². The number of aromatic nitrogens is 1. The monoisotopic (exact) mass is 360 g/mol. The number of carbonyl (C=O) groups excluding carboxylic acids is 2. The molecule has 0 fully saturated rings. The van der Waals surface area contributed by atoms with E-state index in [0.717, 1.165) is 35.0 Å². The normalized spacial score (nSPS) is 16.0. The highest BCUT2D eigenvalue weighted by Crippen LogP contribution is 2.30. The van der Waals surface area contributed by atoms with Crippen molar-refractivity contribution in [3.8, 4) is 0 Å². The first-order valence-electron chi connectivity index (χ1n) is 9.06. The third-order valence-corrected chi connectivity index (χ3v) is 4.93. The lowest BCUT2D eigenvalue weighted by molar-refractivity contribution is -0.122. The maximum atomic E-state index is 12.7. The SMILES string of the molecule is CC1CCc2ccccc2N1C(=O)COC(=O)c1ccc2ccccc2n1. The van der Waals surface area contributed by atoms with E-state index in [-0.39, 0.29) is 24.2 Å². The van der Waals surface area contributed by atoms with Crippen molar-refractivity contribution in [2.75, 3.05) is 11.5 Å². The summed E-state index contributed by atoms with van der Waals surface area (Å²) < 4.78 is 5.26.